The van der Waals surface area contributed by atoms with Crippen LogP contribution in [-0.4, -0.2) is 27.2 Å². The number of nitrogens with zero attached hydrogens (tertiary/aromatic N) is 3. The number of carbonyl (C=O) groups excluding carboxylic acids is 1. The molecule has 33 heavy (non-hydrogen) atoms. The Kier molecular flexibility index (Phi) is 6.60. The van der Waals surface area contributed by atoms with Crippen LogP contribution < -0.4 is 25.1 Å². The Balaban J connectivity index is 1.65. The Morgan fingerprint density at radius 3 is 2.64 bits per heavy atom. The number of fused-ring (bicyclic) bond motifs is 1. The van der Waals surface area contributed by atoms with Gasteiger partial charge < -0.3 is 9.47 Å². The third-order valence-corrected chi connectivity index (χ3v) is 5.59. The van der Waals surface area contributed by atoms with Crippen LogP contribution in [0.2, 0.25) is 0 Å². The molecule has 0 spiro atoms. The minimum Gasteiger partial charge on any atom is -0.494 e. The Bertz CT molecular complexity index is 1470. The summed E-state index contributed by atoms with van der Waals surface area (Å²) in [6.07, 6.45) is 2.82. The van der Waals surface area contributed by atoms with Gasteiger partial charge in [0.1, 0.15) is 17.2 Å². The number of ether oxygens (including phenoxy) is 2. The summed E-state index contributed by atoms with van der Waals surface area (Å²) in [5, 5.41) is 4.28. The molecule has 0 unspecified atom stereocenters. The van der Waals surface area contributed by atoms with Crippen LogP contribution in [0.4, 0.5) is 0 Å². The first-order chi connectivity index (χ1) is 15.9. The van der Waals surface area contributed by atoms with Crippen molar-refractivity contribution in [3.8, 4) is 11.5 Å². The molecule has 0 saturated heterocycles. The minimum absolute atomic E-state index is 0.188. The van der Waals surface area contributed by atoms with Gasteiger partial charge in [-0.15, -0.1) is 0 Å². The molecule has 4 rings (SSSR count). The van der Waals surface area contributed by atoms with Crippen LogP contribution in [0.5, 0.6) is 11.5 Å². The molecule has 4 aromatic rings. The van der Waals surface area contributed by atoms with Crippen molar-refractivity contribution >= 4 is 28.3 Å². The Hall–Kier alpha value is -3.85. The first kappa shape index (κ1) is 22.3. The van der Waals surface area contributed by atoms with Crippen molar-refractivity contribution in [2.24, 2.45) is 0 Å². The number of rotatable bonds is 7. The normalized spacial score (nSPS) is 11.6. The number of esters is 1. The quantitative estimate of drug-likeness (QED) is 0.306. The molecule has 2 heterocycles. The first-order valence-corrected chi connectivity index (χ1v) is 11.2. The highest BCUT2D eigenvalue weighted by atomic mass is 32.1. The molecule has 0 saturated carbocycles. The molecule has 168 valence electrons. The summed E-state index contributed by atoms with van der Waals surface area (Å²) >= 11 is 1.07. The molecular weight excluding hydrogens is 442 g/mol. The predicted octanol–water partition coefficient (Wildman–Crippen LogP) is 2.36. The zero-order valence-electron chi connectivity index (χ0n) is 18.1. The van der Waals surface area contributed by atoms with Crippen LogP contribution in [0.1, 0.15) is 37.1 Å². The Morgan fingerprint density at radius 1 is 1.12 bits per heavy atom. The number of thiazole rings is 1. The molecule has 0 radical (unpaired) electrons. The van der Waals surface area contributed by atoms with Crippen molar-refractivity contribution in [3.05, 3.63) is 90.6 Å². The highest BCUT2D eigenvalue weighted by Crippen LogP contribution is 2.15. The molecule has 0 aliphatic heterocycles. The molecule has 0 amide bonds. The summed E-state index contributed by atoms with van der Waals surface area (Å²) in [4.78, 5) is 40.9. The maximum Gasteiger partial charge on any atom is 0.308 e. The van der Waals surface area contributed by atoms with Crippen molar-refractivity contribution < 1.29 is 14.3 Å². The molecule has 0 bridgehead atoms. The molecule has 0 aliphatic carbocycles. The van der Waals surface area contributed by atoms with Gasteiger partial charge in [0.2, 0.25) is 4.96 Å². The van der Waals surface area contributed by atoms with E-state index in [0.717, 1.165) is 33.6 Å². The van der Waals surface area contributed by atoms with Gasteiger partial charge in [-0.2, -0.15) is 14.6 Å². The van der Waals surface area contributed by atoms with Gasteiger partial charge in [-0.25, -0.2) is 0 Å². The van der Waals surface area contributed by atoms with E-state index >= 15 is 0 Å². The average molecular weight is 464 g/mol. The van der Waals surface area contributed by atoms with Crippen molar-refractivity contribution in [2.75, 3.05) is 6.61 Å². The monoisotopic (exact) mass is 463 g/mol. The molecule has 0 fully saturated rings. The van der Waals surface area contributed by atoms with E-state index in [2.05, 4.69) is 10.1 Å². The first-order valence-electron chi connectivity index (χ1n) is 10.4. The van der Waals surface area contributed by atoms with Gasteiger partial charge in [-0.1, -0.05) is 42.5 Å². The fourth-order valence-electron chi connectivity index (χ4n) is 3.15. The zero-order chi connectivity index (χ0) is 23.4. The molecule has 2 aromatic carbocycles. The van der Waals surface area contributed by atoms with Gasteiger partial charge in [-0.3, -0.25) is 14.4 Å². The lowest BCUT2D eigenvalue weighted by Crippen LogP contribution is -2.28. The Labute approximate surface area is 192 Å². The van der Waals surface area contributed by atoms with Crippen molar-refractivity contribution in [3.63, 3.8) is 0 Å². The van der Waals surface area contributed by atoms with Gasteiger partial charge in [0.25, 0.3) is 11.1 Å². The summed E-state index contributed by atoms with van der Waals surface area (Å²) in [6.45, 7) is 3.99. The lowest BCUT2D eigenvalue weighted by atomic mass is 10.1. The topological polar surface area (TPSA) is 99.9 Å². The van der Waals surface area contributed by atoms with Gasteiger partial charge in [0, 0.05) is 13.3 Å². The van der Waals surface area contributed by atoms with Crippen LogP contribution in [0.15, 0.2) is 58.1 Å². The molecule has 2 aromatic heterocycles. The van der Waals surface area contributed by atoms with Crippen LogP contribution >= 0.6 is 11.3 Å². The number of benzene rings is 2. The smallest absolute Gasteiger partial charge is 0.308 e. The second-order valence-electron chi connectivity index (χ2n) is 7.31. The van der Waals surface area contributed by atoms with Gasteiger partial charge >= 0.3 is 5.97 Å². The fourth-order valence-corrected chi connectivity index (χ4v) is 4.06. The van der Waals surface area contributed by atoms with Gasteiger partial charge in [0.05, 0.1) is 11.1 Å². The van der Waals surface area contributed by atoms with Crippen molar-refractivity contribution in [1.29, 1.82) is 0 Å². The molecule has 0 aliphatic rings. The molecular formula is C24H21N3O5S. The summed E-state index contributed by atoms with van der Waals surface area (Å²) in [5.74, 6) is 0.710. The predicted molar refractivity (Wildman–Crippen MR) is 125 cm³/mol. The van der Waals surface area contributed by atoms with Gasteiger partial charge in [-0.05, 0) is 47.9 Å². The van der Waals surface area contributed by atoms with Gasteiger partial charge in [0.15, 0.2) is 0 Å². The van der Waals surface area contributed by atoms with E-state index in [0.29, 0.717) is 22.5 Å². The summed E-state index contributed by atoms with van der Waals surface area (Å²) in [7, 11) is 0. The summed E-state index contributed by atoms with van der Waals surface area (Å²) in [6, 6.07) is 14.2. The fraction of sp³-hybridized carbons (Fsp3) is 0.208. The third kappa shape index (κ3) is 5.32. The third-order valence-electron chi connectivity index (χ3n) is 4.64. The standard InChI is InChI=1S/C24H21N3O5S/c1-3-11-31-18-9-7-16(8-10-18)13-20-22(29)25-24-27(26-20)23(30)21(33-24)14-17-5-4-6-19(12-17)32-15(2)28/h4-10,12,14H,3,11,13H2,1-2H3/b21-14-. The van der Waals surface area contributed by atoms with E-state index in [1.54, 1.807) is 30.3 Å². The van der Waals surface area contributed by atoms with Crippen LogP contribution in [-0.2, 0) is 11.2 Å². The molecule has 0 N–H and O–H groups in total. The second kappa shape index (κ2) is 9.74. The zero-order valence-corrected chi connectivity index (χ0v) is 18.9. The van der Waals surface area contributed by atoms with Crippen LogP contribution in [0, 0.1) is 0 Å². The van der Waals surface area contributed by atoms with E-state index < -0.39 is 11.5 Å². The lowest BCUT2D eigenvalue weighted by Gasteiger charge is -2.05. The average Bonchev–Trinajstić information content (AvgIpc) is 3.07. The Morgan fingerprint density at radius 2 is 1.91 bits per heavy atom. The van der Waals surface area contributed by atoms with Crippen LogP contribution in [0.25, 0.3) is 11.0 Å². The number of aromatic nitrogens is 3. The summed E-state index contributed by atoms with van der Waals surface area (Å²) < 4.78 is 12.2. The SMILES string of the molecule is CCCOc1ccc(Cc2nn3c(=O)/c(=C/c4cccc(OC(C)=O)c4)sc3nc2=O)cc1. The molecule has 9 heteroatoms. The van der Waals surface area contributed by atoms with E-state index in [4.69, 9.17) is 9.47 Å². The van der Waals surface area contributed by atoms with E-state index in [9.17, 15) is 14.4 Å². The van der Waals surface area contributed by atoms with E-state index in [1.165, 1.54) is 6.92 Å². The highest BCUT2D eigenvalue weighted by Gasteiger charge is 2.12. The van der Waals surface area contributed by atoms with Crippen molar-refractivity contribution in [2.45, 2.75) is 26.7 Å². The molecule has 8 nitrogen and oxygen atoms in total. The van der Waals surface area contributed by atoms with Crippen LogP contribution in [0.3, 0.4) is 0 Å². The second-order valence-corrected chi connectivity index (χ2v) is 8.32. The number of hydrogen-bond donors (Lipinski definition) is 0. The lowest BCUT2D eigenvalue weighted by molar-refractivity contribution is -0.131. The van der Waals surface area contributed by atoms with E-state index in [-0.39, 0.29) is 22.6 Å². The summed E-state index contributed by atoms with van der Waals surface area (Å²) in [5.41, 5.74) is 0.886. The largest absolute Gasteiger partial charge is 0.494 e. The maximum absolute atomic E-state index is 12.9. The maximum atomic E-state index is 12.9. The highest BCUT2D eigenvalue weighted by molar-refractivity contribution is 7.15. The van der Waals surface area contributed by atoms with Crippen molar-refractivity contribution in [1.82, 2.24) is 14.6 Å². The molecule has 0 atom stereocenters. The number of hydrogen-bond acceptors (Lipinski definition) is 8. The number of carbonyl (C=O) groups is 1. The minimum atomic E-state index is -0.467. The van der Waals surface area contributed by atoms with E-state index in [1.807, 2.05) is 31.2 Å².